The number of rotatable bonds is 11. The van der Waals surface area contributed by atoms with E-state index in [1.807, 2.05) is 72.8 Å². The number of hydrogen-bond donors (Lipinski definition) is 1. The summed E-state index contributed by atoms with van der Waals surface area (Å²) < 4.78 is 11.0. The summed E-state index contributed by atoms with van der Waals surface area (Å²) in [6.07, 6.45) is 0. The number of nitrogens with one attached hydrogen (secondary N) is 1. The molecule has 0 aromatic heterocycles. The van der Waals surface area contributed by atoms with Crippen LogP contribution >= 0.6 is 23.2 Å². The lowest BCUT2D eigenvalue weighted by atomic mass is 10.0. The van der Waals surface area contributed by atoms with Gasteiger partial charge in [0.2, 0.25) is 5.91 Å². The minimum Gasteiger partial charge on any atom is -0.497 e. The molecule has 8 heteroatoms. The zero-order chi connectivity index (χ0) is 27.6. The molecule has 200 valence electrons. The van der Waals surface area contributed by atoms with E-state index in [2.05, 4.69) is 5.32 Å². The Hall–Kier alpha value is -4.00. The first-order valence-corrected chi connectivity index (χ1v) is 13.1. The highest BCUT2D eigenvalue weighted by molar-refractivity contribution is 6.35. The van der Waals surface area contributed by atoms with Crippen LogP contribution in [0.5, 0.6) is 11.5 Å². The average Bonchev–Trinajstić information content (AvgIpc) is 2.96. The molecule has 1 unspecified atom stereocenters. The molecule has 0 bridgehead atoms. The fraction of sp³-hybridized carbons (Fsp3) is 0.161. The van der Waals surface area contributed by atoms with Crippen molar-refractivity contribution in [3.05, 3.63) is 130 Å². The first kappa shape index (κ1) is 28.0. The molecule has 0 radical (unpaired) electrons. The lowest BCUT2D eigenvalue weighted by Crippen LogP contribution is -2.45. The zero-order valence-electron chi connectivity index (χ0n) is 21.3. The van der Waals surface area contributed by atoms with Gasteiger partial charge in [-0.1, -0.05) is 89.9 Å². The minimum absolute atomic E-state index is 0.170. The smallest absolute Gasteiger partial charge is 0.261 e. The minimum atomic E-state index is -0.925. The quantitative estimate of drug-likeness (QED) is 0.227. The van der Waals surface area contributed by atoms with Crippen LogP contribution in [0.1, 0.15) is 22.7 Å². The van der Waals surface area contributed by atoms with E-state index in [1.54, 1.807) is 37.4 Å². The summed E-state index contributed by atoms with van der Waals surface area (Å²) in [6.45, 7) is 0.110. The third kappa shape index (κ3) is 7.76. The van der Waals surface area contributed by atoms with Crippen LogP contribution in [0.4, 0.5) is 0 Å². The second kappa shape index (κ2) is 13.7. The molecule has 0 aliphatic rings. The van der Waals surface area contributed by atoms with Crippen molar-refractivity contribution in [1.29, 1.82) is 0 Å². The van der Waals surface area contributed by atoms with Crippen LogP contribution in [-0.2, 0) is 22.7 Å². The van der Waals surface area contributed by atoms with Crippen LogP contribution in [0.25, 0.3) is 0 Å². The molecule has 0 heterocycles. The van der Waals surface area contributed by atoms with Crippen molar-refractivity contribution in [2.45, 2.75) is 19.1 Å². The van der Waals surface area contributed by atoms with Crippen LogP contribution in [0, 0.1) is 0 Å². The highest BCUT2D eigenvalue weighted by Crippen LogP contribution is 2.26. The van der Waals surface area contributed by atoms with Crippen molar-refractivity contribution >= 4 is 35.0 Å². The number of benzene rings is 4. The van der Waals surface area contributed by atoms with Crippen molar-refractivity contribution in [3.63, 3.8) is 0 Å². The van der Waals surface area contributed by atoms with Crippen LogP contribution in [0.2, 0.25) is 10.0 Å². The number of amides is 2. The average molecular weight is 563 g/mol. The number of ether oxygens (including phenoxy) is 2. The monoisotopic (exact) mass is 562 g/mol. The van der Waals surface area contributed by atoms with Gasteiger partial charge in [-0.05, 0) is 53.1 Å². The number of hydrogen-bond acceptors (Lipinski definition) is 4. The van der Waals surface area contributed by atoms with Gasteiger partial charge in [0.05, 0.1) is 7.11 Å². The molecule has 6 nitrogen and oxygen atoms in total. The Morgan fingerprint density at radius 1 is 0.846 bits per heavy atom. The molecular formula is C31H28Cl2N2O4. The summed E-state index contributed by atoms with van der Waals surface area (Å²) in [5.74, 6) is 0.562. The third-order valence-electron chi connectivity index (χ3n) is 6.08. The molecule has 0 spiro atoms. The molecule has 4 rings (SSSR count). The van der Waals surface area contributed by atoms with Gasteiger partial charge in [-0.15, -0.1) is 0 Å². The normalized spacial score (nSPS) is 11.4. The van der Waals surface area contributed by atoms with Gasteiger partial charge in [0.25, 0.3) is 5.91 Å². The predicted octanol–water partition coefficient (Wildman–Crippen LogP) is 6.47. The van der Waals surface area contributed by atoms with Crippen LogP contribution in [0.3, 0.4) is 0 Å². The Morgan fingerprint density at radius 2 is 1.51 bits per heavy atom. The maximum absolute atomic E-state index is 13.8. The molecule has 4 aromatic rings. The lowest BCUT2D eigenvalue weighted by molar-refractivity contribution is -0.143. The highest BCUT2D eigenvalue weighted by atomic mass is 35.5. The van der Waals surface area contributed by atoms with E-state index < -0.39 is 6.04 Å². The molecule has 1 N–H and O–H groups in total. The number of halogens is 2. The van der Waals surface area contributed by atoms with E-state index in [1.165, 1.54) is 4.90 Å². The summed E-state index contributed by atoms with van der Waals surface area (Å²) in [7, 11) is 1.59. The van der Waals surface area contributed by atoms with Gasteiger partial charge in [0, 0.05) is 23.1 Å². The molecule has 0 saturated carbocycles. The topological polar surface area (TPSA) is 67.9 Å². The number of methoxy groups -OCH3 is 1. The van der Waals surface area contributed by atoms with E-state index in [0.29, 0.717) is 32.7 Å². The van der Waals surface area contributed by atoms with Gasteiger partial charge in [-0.25, -0.2) is 0 Å². The maximum atomic E-state index is 13.8. The van der Waals surface area contributed by atoms with Gasteiger partial charge < -0.3 is 19.7 Å². The maximum Gasteiger partial charge on any atom is 0.261 e. The zero-order valence-corrected chi connectivity index (χ0v) is 22.9. The lowest BCUT2D eigenvalue weighted by Gasteiger charge is -2.31. The number of nitrogens with zero attached hydrogens (tertiary/aromatic N) is 1. The van der Waals surface area contributed by atoms with Crippen molar-refractivity contribution < 1.29 is 19.1 Å². The molecule has 0 fully saturated rings. The first-order chi connectivity index (χ1) is 18.9. The van der Waals surface area contributed by atoms with E-state index >= 15 is 0 Å². The molecule has 4 aromatic carbocycles. The van der Waals surface area contributed by atoms with Crippen molar-refractivity contribution in [2.24, 2.45) is 0 Å². The molecular weight excluding hydrogens is 535 g/mol. The fourth-order valence-corrected chi connectivity index (χ4v) is 4.52. The van der Waals surface area contributed by atoms with Gasteiger partial charge in [-0.2, -0.15) is 0 Å². The number of para-hydroxylation sites is 1. The van der Waals surface area contributed by atoms with Crippen molar-refractivity contribution in [3.8, 4) is 11.5 Å². The molecule has 1 atom stereocenters. The van der Waals surface area contributed by atoms with Gasteiger partial charge in [0.1, 0.15) is 17.5 Å². The number of carbonyl (C=O) groups excluding carboxylic acids is 2. The Morgan fingerprint density at radius 3 is 2.15 bits per heavy atom. The SMILES string of the molecule is COc1ccc(CN(C(=O)COc2ccccc2)C(C(=O)NCc2ccc(Cl)cc2Cl)c2ccccc2)cc1. The van der Waals surface area contributed by atoms with Crippen molar-refractivity contribution in [1.82, 2.24) is 10.2 Å². The van der Waals surface area contributed by atoms with Gasteiger partial charge in [-0.3, -0.25) is 9.59 Å². The summed E-state index contributed by atoms with van der Waals surface area (Å²) in [4.78, 5) is 29.0. The van der Waals surface area contributed by atoms with E-state index in [0.717, 1.165) is 5.56 Å². The fourth-order valence-electron chi connectivity index (χ4n) is 4.05. The first-order valence-electron chi connectivity index (χ1n) is 12.3. The van der Waals surface area contributed by atoms with Gasteiger partial charge in [0.15, 0.2) is 6.61 Å². The second-order valence-electron chi connectivity index (χ2n) is 8.74. The Labute approximate surface area is 238 Å². The summed E-state index contributed by atoms with van der Waals surface area (Å²) in [6, 6.07) is 29.8. The predicted molar refractivity (Wildman–Crippen MR) is 153 cm³/mol. The molecule has 39 heavy (non-hydrogen) atoms. The summed E-state index contributed by atoms with van der Waals surface area (Å²) >= 11 is 12.3. The highest BCUT2D eigenvalue weighted by Gasteiger charge is 2.32. The van der Waals surface area contributed by atoms with E-state index in [9.17, 15) is 9.59 Å². The molecule has 0 aliphatic heterocycles. The van der Waals surface area contributed by atoms with Crippen molar-refractivity contribution in [2.75, 3.05) is 13.7 Å². The van der Waals surface area contributed by atoms with Crippen LogP contribution < -0.4 is 14.8 Å². The van der Waals surface area contributed by atoms with Gasteiger partial charge >= 0.3 is 0 Å². The van der Waals surface area contributed by atoms with E-state index in [4.69, 9.17) is 32.7 Å². The summed E-state index contributed by atoms with van der Waals surface area (Å²) in [5.41, 5.74) is 2.21. The Balaban J connectivity index is 1.64. The Bertz CT molecular complexity index is 1380. The molecule has 2 amide bonds. The van der Waals surface area contributed by atoms with Crippen LogP contribution in [0.15, 0.2) is 103 Å². The summed E-state index contributed by atoms with van der Waals surface area (Å²) in [5, 5.41) is 3.90. The number of carbonyl (C=O) groups is 2. The largest absolute Gasteiger partial charge is 0.497 e. The standard InChI is InChI=1S/C31H28Cl2N2O4/c1-38-26-16-12-22(13-17-26)20-35(29(36)21-39-27-10-6-3-7-11-27)30(23-8-4-2-5-9-23)31(37)34-19-24-14-15-25(32)18-28(24)33/h2-18,30H,19-21H2,1H3,(H,34,37). The molecule has 0 saturated heterocycles. The van der Waals surface area contributed by atoms with Crippen LogP contribution in [-0.4, -0.2) is 30.4 Å². The third-order valence-corrected chi connectivity index (χ3v) is 6.67. The second-order valence-corrected chi connectivity index (χ2v) is 9.58. The Kier molecular flexibility index (Phi) is 9.84. The molecule has 0 aliphatic carbocycles. The van der Waals surface area contributed by atoms with E-state index in [-0.39, 0.29) is 31.5 Å².